The number of ether oxygens (including phenoxy) is 1. The second-order valence-electron chi connectivity index (χ2n) is 5.74. The Morgan fingerprint density at radius 2 is 1.76 bits per heavy atom. The highest BCUT2D eigenvalue weighted by Gasteiger charge is 2.18. The highest BCUT2D eigenvalue weighted by Crippen LogP contribution is 2.22. The zero-order valence-electron chi connectivity index (χ0n) is 14.8. The molecule has 0 bridgehead atoms. The second kappa shape index (κ2) is 7.67. The minimum Gasteiger partial charge on any atom is -0.468 e. The van der Waals surface area contributed by atoms with Crippen LogP contribution in [0.3, 0.4) is 0 Å². The molecule has 154 valence electrons. The fourth-order valence-electron chi connectivity index (χ4n) is 2.41. The molecule has 0 saturated carbocycles. The van der Waals surface area contributed by atoms with E-state index in [1.165, 1.54) is 29.9 Å². The third-order valence-electron chi connectivity index (χ3n) is 3.81. The second-order valence-corrected chi connectivity index (χ2v) is 9.92. The summed E-state index contributed by atoms with van der Waals surface area (Å²) in [6.45, 7) is -0.358. The van der Waals surface area contributed by atoms with Crippen molar-refractivity contribution in [3.63, 3.8) is 0 Å². The molecule has 0 aliphatic carbocycles. The molecule has 2 N–H and O–H groups in total. The van der Waals surface area contributed by atoms with Crippen LogP contribution in [0.25, 0.3) is 10.2 Å². The predicted molar refractivity (Wildman–Crippen MR) is 102 cm³/mol. The van der Waals surface area contributed by atoms with Gasteiger partial charge in [0.1, 0.15) is 12.4 Å². The van der Waals surface area contributed by atoms with E-state index < -0.39 is 31.8 Å². The first-order valence-corrected chi connectivity index (χ1v) is 11.6. The highest BCUT2D eigenvalue weighted by atomic mass is 32.2. The van der Waals surface area contributed by atoms with Gasteiger partial charge in [0.15, 0.2) is 0 Å². The van der Waals surface area contributed by atoms with Gasteiger partial charge >= 0.3 is 5.97 Å². The summed E-state index contributed by atoms with van der Waals surface area (Å²) >= 11 is 0.847. The third-order valence-corrected chi connectivity index (χ3v) is 7.16. The number of carbonyl (C=O) groups excluding carboxylic acids is 1. The quantitative estimate of drug-likeness (QED) is 0.564. The van der Waals surface area contributed by atoms with E-state index in [2.05, 4.69) is 9.13 Å². The third kappa shape index (κ3) is 4.53. The number of rotatable bonds is 5. The lowest BCUT2D eigenvalue weighted by molar-refractivity contribution is -0.141. The maximum absolute atomic E-state index is 13.1. The van der Waals surface area contributed by atoms with Crippen molar-refractivity contribution in [2.75, 3.05) is 7.11 Å². The molecule has 3 aromatic rings. The summed E-state index contributed by atoms with van der Waals surface area (Å²) < 4.78 is 71.4. The Bertz CT molecular complexity index is 1370. The van der Waals surface area contributed by atoms with E-state index in [9.17, 15) is 26.0 Å². The monoisotopic (exact) mass is 459 g/mol. The molecular weight excluding hydrogens is 445 g/mol. The van der Waals surface area contributed by atoms with Gasteiger partial charge in [-0.05, 0) is 42.5 Å². The standard InChI is InChI=1S/C16H14FN3O6S3/c1-26-15(21)9-20-13-7-6-12(28(18,22)23)8-14(13)27-16(20)19-29(24,25)11-4-2-10(17)3-5-11/h2-8H,9H2,1H3,(H2,18,22,23). The Hall–Kier alpha value is -2.61. The number of methoxy groups -OCH3 is 1. The van der Waals surface area contributed by atoms with Gasteiger partial charge in [-0.25, -0.2) is 17.9 Å². The first-order valence-electron chi connectivity index (χ1n) is 7.81. The Balaban J connectivity index is 2.26. The van der Waals surface area contributed by atoms with Crippen LogP contribution in [-0.4, -0.2) is 34.5 Å². The maximum atomic E-state index is 13.1. The van der Waals surface area contributed by atoms with E-state index in [1.54, 1.807) is 0 Å². The molecule has 0 spiro atoms. The number of benzene rings is 2. The average molecular weight is 460 g/mol. The number of halogens is 1. The number of hydrogen-bond acceptors (Lipinski definition) is 7. The Morgan fingerprint density at radius 1 is 1.14 bits per heavy atom. The Morgan fingerprint density at radius 3 is 2.34 bits per heavy atom. The van der Waals surface area contributed by atoms with Crippen LogP contribution < -0.4 is 9.94 Å². The SMILES string of the molecule is COC(=O)Cn1c(=NS(=O)(=O)c2ccc(F)cc2)sc2cc(S(N)(=O)=O)ccc21. The number of thiazole rings is 1. The van der Waals surface area contributed by atoms with Gasteiger partial charge in [0.25, 0.3) is 10.0 Å². The maximum Gasteiger partial charge on any atom is 0.325 e. The zero-order chi connectivity index (χ0) is 21.4. The van der Waals surface area contributed by atoms with E-state index in [-0.39, 0.29) is 21.1 Å². The molecule has 0 atom stereocenters. The minimum atomic E-state index is -4.23. The van der Waals surface area contributed by atoms with Crippen molar-refractivity contribution in [3.05, 3.63) is 53.1 Å². The largest absolute Gasteiger partial charge is 0.468 e. The predicted octanol–water partition coefficient (Wildman–Crippen LogP) is 0.952. The van der Waals surface area contributed by atoms with Gasteiger partial charge in [0, 0.05) is 0 Å². The van der Waals surface area contributed by atoms with Crippen molar-refractivity contribution < 1.29 is 30.8 Å². The molecule has 0 amide bonds. The number of hydrogen-bond donors (Lipinski definition) is 1. The van der Waals surface area contributed by atoms with Crippen molar-refractivity contribution in [2.24, 2.45) is 9.54 Å². The summed E-state index contributed by atoms with van der Waals surface area (Å²) in [6, 6.07) is 7.96. The fraction of sp³-hybridized carbons (Fsp3) is 0.125. The lowest BCUT2D eigenvalue weighted by Gasteiger charge is -2.04. The van der Waals surface area contributed by atoms with Gasteiger partial charge in [-0.2, -0.15) is 8.42 Å². The molecule has 0 saturated heterocycles. The number of sulfonamides is 2. The van der Waals surface area contributed by atoms with E-state index in [1.807, 2.05) is 0 Å². The topological polar surface area (TPSA) is 138 Å². The first kappa shape index (κ1) is 21.1. The molecule has 0 aliphatic heterocycles. The zero-order valence-corrected chi connectivity index (χ0v) is 17.2. The van der Waals surface area contributed by atoms with Gasteiger partial charge in [-0.15, -0.1) is 4.40 Å². The normalized spacial score (nSPS) is 13.0. The molecule has 3 rings (SSSR count). The Kier molecular flexibility index (Phi) is 5.58. The molecule has 29 heavy (non-hydrogen) atoms. The van der Waals surface area contributed by atoms with Crippen LogP contribution in [0.4, 0.5) is 4.39 Å². The molecular formula is C16H14FN3O6S3. The van der Waals surface area contributed by atoms with Crippen LogP contribution in [0, 0.1) is 5.82 Å². The molecule has 9 nitrogen and oxygen atoms in total. The van der Waals surface area contributed by atoms with Crippen molar-refractivity contribution >= 4 is 47.6 Å². The first-order chi connectivity index (χ1) is 13.5. The molecule has 13 heteroatoms. The van der Waals surface area contributed by atoms with Crippen LogP contribution in [0.2, 0.25) is 0 Å². The summed E-state index contributed by atoms with van der Waals surface area (Å²) in [5.74, 6) is -1.28. The minimum absolute atomic E-state index is 0.0960. The van der Waals surface area contributed by atoms with Crippen molar-refractivity contribution in [1.29, 1.82) is 0 Å². The summed E-state index contributed by atoms with van der Waals surface area (Å²) in [7, 11) is -7.05. The summed E-state index contributed by atoms with van der Waals surface area (Å²) in [5.41, 5.74) is 0.362. The molecule has 0 fully saturated rings. The van der Waals surface area contributed by atoms with Crippen molar-refractivity contribution in [3.8, 4) is 0 Å². The fourth-order valence-corrected chi connectivity index (χ4v) is 5.30. The number of nitrogens with zero attached hydrogens (tertiary/aromatic N) is 2. The van der Waals surface area contributed by atoms with E-state index in [0.29, 0.717) is 10.2 Å². The van der Waals surface area contributed by atoms with E-state index >= 15 is 0 Å². The molecule has 2 aromatic carbocycles. The van der Waals surface area contributed by atoms with Crippen LogP contribution >= 0.6 is 11.3 Å². The Labute approximate surface area is 169 Å². The number of primary sulfonamides is 1. The van der Waals surface area contributed by atoms with Crippen LogP contribution in [0.5, 0.6) is 0 Å². The smallest absolute Gasteiger partial charge is 0.325 e. The molecule has 1 heterocycles. The van der Waals surface area contributed by atoms with Gasteiger partial charge in [-0.1, -0.05) is 11.3 Å². The average Bonchev–Trinajstić information content (AvgIpc) is 2.97. The molecule has 0 radical (unpaired) electrons. The number of fused-ring (bicyclic) bond motifs is 1. The van der Waals surface area contributed by atoms with Gasteiger partial charge < -0.3 is 9.30 Å². The molecule has 0 unspecified atom stereocenters. The van der Waals surface area contributed by atoms with Gasteiger partial charge in [0.2, 0.25) is 14.8 Å². The number of esters is 1. The lowest BCUT2D eigenvalue weighted by Crippen LogP contribution is -2.22. The number of nitrogens with two attached hydrogens (primary N) is 1. The summed E-state index contributed by atoms with van der Waals surface area (Å²) in [5, 5.41) is 5.13. The highest BCUT2D eigenvalue weighted by molar-refractivity contribution is 7.90. The number of aromatic nitrogens is 1. The van der Waals surface area contributed by atoms with E-state index in [0.717, 1.165) is 35.6 Å². The van der Waals surface area contributed by atoms with Crippen molar-refractivity contribution in [1.82, 2.24) is 4.57 Å². The molecule has 1 aromatic heterocycles. The number of carbonyl (C=O) groups is 1. The van der Waals surface area contributed by atoms with Crippen molar-refractivity contribution in [2.45, 2.75) is 16.3 Å². The van der Waals surface area contributed by atoms with Gasteiger partial charge in [-0.3, -0.25) is 4.79 Å². The summed E-state index contributed by atoms with van der Waals surface area (Å²) in [6.07, 6.45) is 0. The van der Waals surface area contributed by atoms with Crippen LogP contribution in [-0.2, 0) is 36.1 Å². The summed E-state index contributed by atoms with van der Waals surface area (Å²) in [4.78, 5) is 11.3. The lowest BCUT2D eigenvalue weighted by atomic mass is 10.3. The van der Waals surface area contributed by atoms with Gasteiger partial charge in [0.05, 0.1) is 27.1 Å². The van der Waals surface area contributed by atoms with Crippen LogP contribution in [0.15, 0.2) is 56.7 Å². The van der Waals surface area contributed by atoms with E-state index in [4.69, 9.17) is 5.14 Å². The molecule has 0 aliphatic rings. The van der Waals surface area contributed by atoms with Crippen LogP contribution in [0.1, 0.15) is 0 Å².